The highest BCUT2D eigenvalue weighted by molar-refractivity contribution is 8.18. The second-order valence-electron chi connectivity index (χ2n) is 6.63. The van der Waals surface area contributed by atoms with Crippen molar-refractivity contribution in [2.45, 2.75) is 6.54 Å². The van der Waals surface area contributed by atoms with E-state index < -0.39 is 22.0 Å². The summed E-state index contributed by atoms with van der Waals surface area (Å²) in [5.41, 5.74) is 1.17. The van der Waals surface area contributed by atoms with Gasteiger partial charge in [0.05, 0.1) is 22.6 Å². The number of nitro groups is 1. The zero-order valence-corrected chi connectivity index (χ0v) is 17.1. The Morgan fingerprint density at radius 1 is 1.09 bits per heavy atom. The third-order valence-electron chi connectivity index (χ3n) is 4.47. The fourth-order valence-electron chi connectivity index (χ4n) is 2.88. The maximum Gasteiger partial charge on any atom is 0.379 e. The van der Waals surface area contributed by atoms with E-state index in [1.165, 1.54) is 36.6 Å². The first-order valence-electron chi connectivity index (χ1n) is 9.25. The molecular formula is C22H14N2O7S. The van der Waals surface area contributed by atoms with E-state index in [2.05, 4.69) is 0 Å². The Kier molecular flexibility index (Phi) is 5.86. The molecule has 0 atom stereocenters. The standard InChI is InChI=1S/C22H14N2O7S/c25-20-19(32-22(27)23(20)13-15-3-7-16(8-4-15)24(28)29)12-14-5-9-17(10-6-14)31-21(26)18-2-1-11-30-18/h1-12H,13H2/b19-12-. The van der Waals surface area contributed by atoms with Crippen LogP contribution in [0.15, 0.2) is 76.2 Å². The first kappa shape index (κ1) is 21.1. The number of non-ortho nitro benzene ring substituents is 1. The first-order chi connectivity index (χ1) is 15.4. The van der Waals surface area contributed by atoms with E-state index in [9.17, 15) is 24.5 Å². The summed E-state index contributed by atoms with van der Waals surface area (Å²) in [5, 5.41) is 10.3. The fraction of sp³-hybridized carbons (Fsp3) is 0.0455. The molecule has 0 saturated carbocycles. The third-order valence-corrected chi connectivity index (χ3v) is 5.38. The highest BCUT2D eigenvalue weighted by Crippen LogP contribution is 2.33. The first-order valence-corrected chi connectivity index (χ1v) is 10.1. The molecule has 1 aliphatic heterocycles. The van der Waals surface area contributed by atoms with Gasteiger partial charge in [0.1, 0.15) is 5.75 Å². The van der Waals surface area contributed by atoms with Gasteiger partial charge in [0.2, 0.25) is 5.76 Å². The summed E-state index contributed by atoms with van der Waals surface area (Å²) in [4.78, 5) is 48.4. The molecule has 0 aliphatic carbocycles. The van der Waals surface area contributed by atoms with E-state index >= 15 is 0 Å². The smallest absolute Gasteiger partial charge is 0.379 e. The van der Waals surface area contributed by atoms with E-state index in [0.717, 1.165) is 16.7 Å². The molecular weight excluding hydrogens is 436 g/mol. The average Bonchev–Trinajstić information content (AvgIpc) is 3.41. The van der Waals surface area contributed by atoms with Crippen LogP contribution >= 0.6 is 11.8 Å². The van der Waals surface area contributed by atoms with Crippen LogP contribution in [0.1, 0.15) is 21.7 Å². The number of benzene rings is 2. The van der Waals surface area contributed by atoms with Gasteiger partial charge in [0.15, 0.2) is 0 Å². The largest absolute Gasteiger partial charge is 0.457 e. The normalized spacial score (nSPS) is 14.8. The van der Waals surface area contributed by atoms with Crippen molar-refractivity contribution in [3.63, 3.8) is 0 Å². The summed E-state index contributed by atoms with van der Waals surface area (Å²) < 4.78 is 10.2. The molecule has 1 saturated heterocycles. The Morgan fingerprint density at radius 2 is 1.81 bits per heavy atom. The van der Waals surface area contributed by atoms with Gasteiger partial charge >= 0.3 is 5.97 Å². The van der Waals surface area contributed by atoms with Gasteiger partial charge in [-0.2, -0.15) is 0 Å². The molecule has 160 valence electrons. The number of nitro benzene ring substituents is 1. The van der Waals surface area contributed by atoms with Crippen LogP contribution < -0.4 is 4.74 Å². The van der Waals surface area contributed by atoms with Crippen LogP contribution in [0.5, 0.6) is 5.75 Å². The van der Waals surface area contributed by atoms with Crippen LogP contribution in [0.4, 0.5) is 10.5 Å². The molecule has 3 aromatic rings. The molecule has 0 N–H and O–H groups in total. The van der Waals surface area contributed by atoms with Gasteiger partial charge < -0.3 is 9.15 Å². The van der Waals surface area contributed by atoms with Crippen molar-refractivity contribution in [3.05, 3.63) is 98.8 Å². The minimum atomic E-state index is -0.630. The van der Waals surface area contributed by atoms with E-state index in [-0.39, 0.29) is 22.9 Å². The van der Waals surface area contributed by atoms with Crippen LogP contribution in [-0.4, -0.2) is 26.9 Å². The molecule has 9 nitrogen and oxygen atoms in total. The average molecular weight is 450 g/mol. The van der Waals surface area contributed by atoms with Crippen LogP contribution in [0, 0.1) is 10.1 Å². The molecule has 2 amide bonds. The summed E-state index contributed by atoms with van der Waals surface area (Å²) in [5.74, 6) is -0.701. The lowest BCUT2D eigenvalue weighted by molar-refractivity contribution is -0.384. The molecule has 1 fully saturated rings. The zero-order valence-electron chi connectivity index (χ0n) is 16.3. The second-order valence-corrected chi connectivity index (χ2v) is 7.62. The van der Waals surface area contributed by atoms with Crippen molar-refractivity contribution in [1.29, 1.82) is 0 Å². The maximum atomic E-state index is 12.7. The zero-order chi connectivity index (χ0) is 22.7. The Hall–Kier alpha value is -4.18. The summed E-state index contributed by atoms with van der Waals surface area (Å²) in [6.45, 7) is 0.0155. The summed E-state index contributed by atoms with van der Waals surface area (Å²) in [6, 6.07) is 15.2. The summed E-state index contributed by atoms with van der Waals surface area (Å²) >= 11 is 0.810. The molecule has 2 heterocycles. The monoisotopic (exact) mass is 450 g/mol. The molecule has 10 heteroatoms. The highest BCUT2D eigenvalue weighted by Gasteiger charge is 2.35. The predicted octanol–water partition coefficient (Wildman–Crippen LogP) is 4.64. The van der Waals surface area contributed by atoms with E-state index in [1.54, 1.807) is 36.4 Å². The number of hydrogen-bond acceptors (Lipinski definition) is 8. The molecule has 0 spiro atoms. The van der Waals surface area contributed by atoms with Crippen molar-refractivity contribution in [2.24, 2.45) is 0 Å². The number of rotatable bonds is 6. The van der Waals surface area contributed by atoms with Gasteiger partial charge in [-0.05, 0) is 53.2 Å². The maximum absolute atomic E-state index is 12.7. The predicted molar refractivity (Wildman–Crippen MR) is 115 cm³/mol. The quantitative estimate of drug-likeness (QED) is 0.175. The lowest BCUT2D eigenvalue weighted by Crippen LogP contribution is -2.27. The number of hydrogen-bond donors (Lipinski definition) is 0. The van der Waals surface area contributed by atoms with Gasteiger partial charge in [-0.1, -0.05) is 24.3 Å². The molecule has 32 heavy (non-hydrogen) atoms. The van der Waals surface area contributed by atoms with Crippen LogP contribution in [0.3, 0.4) is 0 Å². The molecule has 1 aliphatic rings. The molecule has 0 bridgehead atoms. The van der Waals surface area contributed by atoms with Gasteiger partial charge in [0.25, 0.3) is 16.8 Å². The minimum Gasteiger partial charge on any atom is -0.457 e. The molecule has 0 radical (unpaired) electrons. The van der Waals surface area contributed by atoms with Crippen LogP contribution in [-0.2, 0) is 11.3 Å². The Labute approximate surface area is 185 Å². The van der Waals surface area contributed by atoms with Gasteiger partial charge in [-0.15, -0.1) is 0 Å². The molecule has 0 unspecified atom stereocenters. The van der Waals surface area contributed by atoms with Crippen molar-refractivity contribution in [1.82, 2.24) is 4.90 Å². The molecule has 4 rings (SSSR count). The van der Waals surface area contributed by atoms with E-state index in [1.807, 2.05) is 0 Å². The van der Waals surface area contributed by atoms with Gasteiger partial charge in [0, 0.05) is 12.1 Å². The Morgan fingerprint density at radius 3 is 2.44 bits per heavy atom. The Bertz CT molecular complexity index is 1220. The number of nitrogens with zero attached hydrogens (tertiary/aromatic N) is 2. The minimum absolute atomic E-state index is 0.0155. The van der Waals surface area contributed by atoms with E-state index in [4.69, 9.17) is 9.15 Å². The topological polar surface area (TPSA) is 120 Å². The van der Waals surface area contributed by atoms with Crippen molar-refractivity contribution in [2.75, 3.05) is 0 Å². The number of carbonyl (C=O) groups is 3. The second kappa shape index (κ2) is 8.90. The number of furan rings is 1. The highest BCUT2D eigenvalue weighted by atomic mass is 32.2. The number of carbonyl (C=O) groups excluding carboxylic acids is 3. The van der Waals surface area contributed by atoms with E-state index in [0.29, 0.717) is 16.9 Å². The lowest BCUT2D eigenvalue weighted by Gasteiger charge is -2.12. The third kappa shape index (κ3) is 4.60. The van der Waals surface area contributed by atoms with Crippen molar-refractivity contribution >= 4 is 40.6 Å². The SMILES string of the molecule is O=C(Oc1ccc(/C=C2\SC(=O)N(Cc3ccc([N+](=O)[O-])cc3)C2=O)cc1)c1ccco1. The number of amides is 2. The number of imide groups is 1. The van der Waals surface area contributed by atoms with Crippen molar-refractivity contribution < 1.29 is 28.5 Å². The molecule has 1 aromatic heterocycles. The number of ether oxygens (including phenoxy) is 1. The van der Waals surface area contributed by atoms with Gasteiger partial charge in [-0.25, -0.2) is 4.79 Å². The van der Waals surface area contributed by atoms with Crippen LogP contribution in [0.25, 0.3) is 6.08 Å². The summed E-state index contributed by atoms with van der Waals surface area (Å²) in [7, 11) is 0. The van der Waals surface area contributed by atoms with Gasteiger partial charge in [-0.3, -0.25) is 24.6 Å². The molecule has 2 aromatic carbocycles. The number of esters is 1. The van der Waals surface area contributed by atoms with Crippen LogP contribution in [0.2, 0.25) is 0 Å². The fourth-order valence-corrected chi connectivity index (χ4v) is 3.72. The lowest BCUT2D eigenvalue weighted by atomic mass is 10.2. The number of thioether (sulfide) groups is 1. The van der Waals surface area contributed by atoms with Crippen molar-refractivity contribution in [3.8, 4) is 5.75 Å². The Balaban J connectivity index is 1.43. The summed E-state index contributed by atoms with van der Waals surface area (Å²) in [6.07, 6.45) is 2.94.